The molecule has 1 aromatic rings. The number of nitrogens with zero attached hydrogens (tertiary/aromatic N) is 3. The van der Waals surface area contributed by atoms with Crippen molar-refractivity contribution in [3.8, 4) is 0 Å². The summed E-state index contributed by atoms with van der Waals surface area (Å²) in [5.41, 5.74) is 0.392. The molecule has 3 fully saturated rings. The predicted molar refractivity (Wildman–Crippen MR) is 87.5 cm³/mol. The van der Waals surface area contributed by atoms with E-state index in [2.05, 4.69) is 5.16 Å². The Labute approximate surface area is 142 Å². The van der Waals surface area contributed by atoms with E-state index in [0.29, 0.717) is 24.7 Å². The van der Waals surface area contributed by atoms with Crippen molar-refractivity contribution in [1.82, 2.24) is 15.0 Å². The van der Waals surface area contributed by atoms with Crippen molar-refractivity contribution in [3.63, 3.8) is 0 Å². The third-order valence-electron chi connectivity index (χ3n) is 5.45. The zero-order valence-corrected chi connectivity index (χ0v) is 14.1. The molecule has 0 radical (unpaired) electrons. The van der Waals surface area contributed by atoms with E-state index in [0.717, 1.165) is 57.4 Å². The van der Waals surface area contributed by atoms with Crippen LogP contribution in [0.25, 0.3) is 0 Å². The molecule has 6 nitrogen and oxygen atoms in total. The van der Waals surface area contributed by atoms with Gasteiger partial charge < -0.3 is 14.3 Å². The molecule has 0 bridgehead atoms. The highest BCUT2D eigenvalue weighted by Crippen LogP contribution is 2.40. The molecule has 3 heterocycles. The van der Waals surface area contributed by atoms with E-state index in [1.54, 1.807) is 11.0 Å². The minimum Gasteiger partial charge on any atom is -0.360 e. The first-order valence-electron chi connectivity index (χ1n) is 9.27. The molecular formula is C18H25N3O3. The Hall–Kier alpha value is -1.85. The molecule has 2 amide bonds. The first-order chi connectivity index (χ1) is 11.7. The Kier molecular flexibility index (Phi) is 4.29. The van der Waals surface area contributed by atoms with Gasteiger partial charge in [-0.05, 0) is 44.9 Å². The number of likely N-dealkylation sites (tertiary alicyclic amines) is 2. The Bertz CT molecular complexity index is 617. The van der Waals surface area contributed by atoms with Crippen LogP contribution in [0.1, 0.15) is 67.1 Å². The highest BCUT2D eigenvalue weighted by Gasteiger charge is 2.34. The van der Waals surface area contributed by atoms with Crippen molar-refractivity contribution in [1.29, 1.82) is 0 Å². The van der Waals surface area contributed by atoms with Gasteiger partial charge in [0.15, 0.2) is 5.69 Å². The fourth-order valence-electron chi connectivity index (χ4n) is 3.85. The molecule has 2 aliphatic heterocycles. The summed E-state index contributed by atoms with van der Waals surface area (Å²) >= 11 is 0. The summed E-state index contributed by atoms with van der Waals surface area (Å²) in [6.45, 7) is 2.96. The first-order valence-corrected chi connectivity index (χ1v) is 9.27. The minimum atomic E-state index is -0.0956. The lowest BCUT2D eigenvalue weighted by molar-refractivity contribution is -0.137. The number of amides is 2. The summed E-state index contributed by atoms with van der Waals surface area (Å²) in [5.74, 6) is 1.36. The zero-order chi connectivity index (χ0) is 16.5. The van der Waals surface area contributed by atoms with E-state index >= 15 is 0 Å². The number of rotatable bonds is 3. The standard InChI is InChI=1S/C18H25N3O3/c22-17(20-8-2-1-3-9-20)14-5-4-10-21(12-14)18(23)15-11-16(24-19-15)13-6-7-13/h11,13-14H,1-10,12H2/t14-/m0/s1. The van der Waals surface area contributed by atoms with Crippen LogP contribution in [0.3, 0.4) is 0 Å². The van der Waals surface area contributed by atoms with Gasteiger partial charge in [0, 0.05) is 38.2 Å². The molecule has 3 aliphatic rings. The van der Waals surface area contributed by atoms with Crippen LogP contribution in [0, 0.1) is 5.92 Å². The van der Waals surface area contributed by atoms with Gasteiger partial charge in [-0.3, -0.25) is 9.59 Å². The summed E-state index contributed by atoms with van der Waals surface area (Å²) < 4.78 is 5.30. The third kappa shape index (κ3) is 3.19. The predicted octanol–water partition coefficient (Wildman–Crippen LogP) is 2.42. The number of carbonyl (C=O) groups excluding carboxylic acids is 2. The van der Waals surface area contributed by atoms with Gasteiger partial charge in [-0.2, -0.15) is 0 Å². The topological polar surface area (TPSA) is 66.7 Å². The van der Waals surface area contributed by atoms with Crippen LogP contribution < -0.4 is 0 Å². The molecular weight excluding hydrogens is 306 g/mol. The first kappa shape index (κ1) is 15.7. The van der Waals surface area contributed by atoms with Gasteiger partial charge in [-0.15, -0.1) is 0 Å². The largest absolute Gasteiger partial charge is 0.360 e. The highest BCUT2D eigenvalue weighted by atomic mass is 16.5. The van der Waals surface area contributed by atoms with Gasteiger partial charge in [0.05, 0.1) is 5.92 Å². The van der Waals surface area contributed by atoms with Gasteiger partial charge in [0.25, 0.3) is 5.91 Å². The van der Waals surface area contributed by atoms with Crippen molar-refractivity contribution in [2.24, 2.45) is 5.92 Å². The molecule has 1 aromatic heterocycles. The minimum absolute atomic E-state index is 0.0596. The fraction of sp³-hybridized carbons (Fsp3) is 0.722. The second-order valence-electron chi connectivity index (χ2n) is 7.37. The van der Waals surface area contributed by atoms with Crippen LogP contribution in [-0.2, 0) is 4.79 Å². The van der Waals surface area contributed by atoms with Gasteiger partial charge in [-0.1, -0.05) is 5.16 Å². The number of piperidine rings is 2. The van der Waals surface area contributed by atoms with E-state index in [1.807, 2.05) is 4.90 Å². The molecule has 0 aromatic carbocycles. The average Bonchev–Trinajstić information content (AvgIpc) is 3.38. The van der Waals surface area contributed by atoms with Crippen LogP contribution in [0.5, 0.6) is 0 Å². The molecule has 2 saturated heterocycles. The molecule has 0 spiro atoms. The monoisotopic (exact) mass is 331 g/mol. The highest BCUT2D eigenvalue weighted by molar-refractivity contribution is 5.93. The Morgan fingerprint density at radius 2 is 1.75 bits per heavy atom. The number of hydrogen-bond acceptors (Lipinski definition) is 4. The molecule has 6 heteroatoms. The third-order valence-corrected chi connectivity index (χ3v) is 5.45. The van der Waals surface area contributed by atoms with Crippen LogP contribution >= 0.6 is 0 Å². The molecule has 1 atom stereocenters. The molecule has 0 unspecified atom stereocenters. The van der Waals surface area contributed by atoms with E-state index in [9.17, 15) is 9.59 Å². The fourth-order valence-corrected chi connectivity index (χ4v) is 3.85. The molecule has 4 rings (SSSR count). The van der Waals surface area contributed by atoms with Crippen molar-refractivity contribution < 1.29 is 14.1 Å². The average molecular weight is 331 g/mol. The maximum absolute atomic E-state index is 12.7. The van der Waals surface area contributed by atoms with E-state index in [1.165, 1.54) is 6.42 Å². The van der Waals surface area contributed by atoms with Crippen molar-refractivity contribution in [3.05, 3.63) is 17.5 Å². The number of hydrogen-bond donors (Lipinski definition) is 0. The van der Waals surface area contributed by atoms with E-state index < -0.39 is 0 Å². The lowest BCUT2D eigenvalue weighted by Gasteiger charge is -2.36. The molecule has 24 heavy (non-hydrogen) atoms. The Morgan fingerprint density at radius 1 is 1.00 bits per heavy atom. The van der Waals surface area contributed by atoms with Crippen LogP contribution in [-0.4, -0.2) is 52.9 Å². The molecule has 1 saturated carbocycles. The van der Waals surface area contributed by atoms with Gasteiger partial charge in [0.2, 0.25) is 5.91 Å². The normalized spacial score (nSPS) is 24.9. The zero-order valence-electron chi connectivity index (χ0n) is 14.1. The molecule has 130 valence electrons. The van der Waals surface area contributed by atoms with Gasteiger partial charge in [-0.25, -0.2) is 0 Å². The van der Waals surface area contributed by atoms with Crippen LogP contribution in [0.15, 0.2) is 10.6 Å². The number of carbonyl (C=O) groups is 2. The van der Waals surface area contributed by atoms with Crippen molar-refractivity contribution in [2.75, 3.05) is 26.2 Å². The SMILES string of the molecule is O=C(c1cc(C2CC2)on1)N1CCC[C@H](C(=O)N2CCCCC2)C1. The van der Waals surface area contributed by atoms with Crippen LogP contribution in [0.4, 0.5) is 0 Å². The van der Waals surface area contributed by atoms with E-state index in [4.69, 9.17) is 4.52 Å². The lowest BCUT2D eigenvalue weighted by Crippen LogP contribution is -2.48. The Balaban J connectivity index is 1.39. The molecule has 0 N–H and O–H groups in total. The summed E-state index contributed by atoms with van der Waals surface area (Å²) in [6.07, 6.45) is 7.43. The molecule has 1 aliphatic carbocycles. The number of aromatic nitrogens is 1. The van der Waals surface area contributed by atoms with E-state index in [-0.39, 0.29) is 17.7 Å². The smallest absolute Gasteiger partial charge is 0.276 e. The summed E-state index contributed by atoms with van der Waals surface area (Å²) in [4.78, 5) is 29.2. The van der Waals surface area contributed by atoms with Crippen molar-refractivity contribution in [2.45, 2.75) is 50.9 Å². The summed E-state index contributed by atoms with van der Waals surface area (Å²) in [7, 11) is 0. The second kappa shape index (κ2) is 6.57. The summed E-state index contributed by atoms with van der Waals surface area (Å²) in [6, 6.07) is 1.79. The second-order valence-corrected chi connectivity index (χ2v) is 7.37. The Morgan fingerprint density at radius 3 is 2.50 bits per heavy atom. The quantitative estimate of drug-likeness (QED) is 0.853. The van der Waals surface area contributed by atoms with Crippen molar-refractivity contribution >= 4 is 11.8 Å². The van der Waals surface area contributed by atoms with Gasteiger partial charge >= 0.3 is 0 Å². The lowest BCUT2D eigenvalue weighted by atomic mass is 9.95. The summed E-state index contributed by atoms with van der Waals surface area (Å²) in [5, 5.41) is 3.95. The maximum Gasteiger partial charge on any atom is 0.276 e. The maximum atomic E-state index is 12.7. The van der Waals surface area contributed by atoms with Gasteiger partial charge in [0.1, 0.15) is 5.76 Å². The van der Waals surface area contributed by atoms with Crippen LogP contribution in [0.2, 0.25) is 0 Å².